The van der Waals surface area contributed by atoms with Gasteiger partial charge in [-0.1, -0.05) is 6.42 Å². The highest BCUT2D eigenvalue weighted by Crippen LogP contribution is 2.30. The van der Waals surface area contributed by atoms with Gasteiger partial charge in [-0.25, -0.2) is 4.98 Å². The van der Waals surface area contributed by atoms with Gasteiger partial charge >= 0.3 is 11.8 Å². The molecule has 2 amide bonds. The highest BCUT2D eigenvalue weighted by atomic mass is 16.5. The van der Waals surface area contributed by atoms with Crippen LogP contribution in [0.5, 0.6) is 5.88 Å². The largest absolute Gasteiger partial charge is 0.480 e. The molecule has 3 heterocycles. The molecule has 0 radical (unpaired) electrons. The summed E-state index contributed by atoms with van der Waals surface area (Å²) in [6.45, 7) is 2.88. The molecule has 1 aromatic rings. The Kier molecular flexibility index (Phi) is 5.86. The second kappa shape index (κ2) is 8.29. The molecule has 0 spiro atoms. The summed E-state index contributed by atoms with van der Waals surface area (Å²) in [5, 5.41) is 5.36. The summed E-state index contributed by atoms with van der Waals surface area (Å²) in [7, 11) is 1.47. The highest BCUT2D eigenvalue weighted by molar-refractivity contribution is 6.39. The molecule has 7 heteroatoms. The van der Waals surface area contributed by atoms with E-state index in [0.717, 1.165) is 25.9 Å². The van der Waals surface area contributed by atoms with Crippen LogP contribution >= 0.6 is 0 Å². The van der Waals surface area contributed by atoms with E-state index >= 15 is 0 Å². The molecular formula is C18H26N4O3. The first-order valence-corrected chi connectivity index (χ1v) is 9.01. The van der Waals surface area contributed by atoms with Gasteiger partial charge < -0.3 is 20.3 Å². The number of fused-ring (bicyclic) bond motifs is 1. The first kappa shape index (κ1) is 17.7. The van der Waals surface area contributed by atoms with Gasteiger partial charge in [0.25, 0.3) is 0 Å². The van der Waals surface area contributed by atoms with Gasteiger partial charge in [0.2, 0.25) is 5.88 Å². The summed E-state index contributed by atoms with van der Waals surface area (Å²) >= 11 is 0. The fourth-order valence-corrected chi connectivity index (χ4v) is 3.95. The van der Waals surface area contributed by atoms with Crippen LogP contribution in [-0.2, 0) is 9.59 Å². The van der Waals surface area contributed by atoms with Crippen LogP contribution in [0.15, 0.2) is 18.3 Å². The number of carbonyl (C=O) groups excluding carboxylic acids is 2. The maximum absolute atomic E-state index is 12.2. The summed E-state index contributed by atoms with van der Waals surface area (Å²) in [5.74, 6) is -0.589. The van der Waals surface area contributed by atoms with Gasteiger partial charge in [0.15, 0.2) is 0 Å². The van der Waals surface area contributed by atoms with E-state index in [1.165, 1.54) is 26.4 Å². The fourth-order valence-electron chi connectivity index (χ4n) is 3.95. The van der Waals surface area contributed by atoms with Gasteiger partial charge in [-0.2, -0.15) is 0 Å². The van der Waals surface area contributed by atoms with Gasteiger partial charge in [-0.3, -0.25) is 9.59 Å². The second-order valence-electron chi connectivity index (χ2n) is 6.73. The molecule has 2 N–H and O–H groups in total. The molecule has 3 rings (SSSR count). The molecule has 0 saturated carbocycles. The minimum absolute atomic E-state index is 0.286. The number of carbonyl (C=O) groups is 2. The number of hydrogen-bond donors (Lipinski definition) is 2. The molecule has 0 aromatic carbocycles. The number of amides is 2. The van der Waals surface area contributed by atoms with E-state index in [1.807, 2.05) is 0 Å². The monoisotopic (exact) mass is 346 g/mol. The van der Waals surface area contributed by atoms with E-state index in [0.29, 0.717) is 24.2 Å². The predicted molar refractivity (Wildman–Crippen MR) is 94.4 cm³/mol. The molecule has 7 nitrogen and oxygen atoms in total. The summed E-state index contributed by atoms with van der Waals surface area (Å²) < 4.78 is 5.08. The minimum Gasteiger partial charge on any atom is -0.480 e. The van der Waals surface area contributed by atoms with Crippen molar-refractivity contribution in [1.29, 1.82) is 0 Å². The quantitative estimate of drug-likeness (QED) is 0.806. The van der Waals surface area contributed by atoms with Crippen LogP contribution in [0, 0.1) is 5.92 Å². The Morgan fingerprint density at radius 2 is 2.08 bits per heavy atom. The van der Waals surface area contributed by atoms with Crippen molar-refractivity contribution >= 4 is 17.5 Å². The summed E-state index contributed by atoms with van der Waals surface area (Å²) in [6.07, 6.45) is 7.56. The standard InChI is InChI=1S/C18H26N4O3/c1-25-18-14(7-4-9-19-18)21-17(24)16(23)20-12-13-6-5-11-22-10-3-2-8-15(13)22/h4,7,9,13,15H,2-3,5-6,8,10-12H2,1H3,(H,20,23)(H,21,24)/t13-,15-/m1/s1. The Hall–Kier alpha value is -2.15. The summed E-state index contributed by atoms with van der Waals surface area (Å²) in [6, 6.07) is 3.87. The third kappa shape index (κ3) is 4.28. The van der Waals surface area contributed by atoms with Crippen LogP contribution in [0.25, 0.3) is 0 Å². The molecule has 2 fully saturated rings. The second-order valence-corrected chi connectivity index (χ2v) is 6.73. The van der Waals surface area contributed by atoms with Crippen molar-refractivity contribution < 1.29 is 14.3 Å². The maximum atomic E-state index is 12.2. The Labute approximate surface area is 148 Å². The van der Waals surface area contributed by atoms with Crippen LogP contribution in [-0.4, -0.2) is 54.5 Å². The number of anilines is 1. The number of piperidine rings is 2. The smallest absolute Gasteiger partial charge is 0.313 e. The van der Waals surface area contributed by atoms with Gasteiger partial charge in [-0.15, -0.1) is 0 Å². The van der Waals surface area contributed by atoms with Gasteiger partial charge in [0.05, 0.1) is 7.11 Å². The average molecular weight is 346 g/mol. The van der Waals surface area contributed by atoms with Crippen molar-refractivity contribution in [2.45, 2.75) is 38.1 Å². The van der Waals surface area contributed by atoms with Crippen LogP contribution in [0.2, 0.25) is 0 Å². The zero-order valence-corrected chi connectivity index (χ0v) is 14.7. The third-order valence-corrected chi connectivity index (χ3v) is 5.17. The number of hydrogen-bond acceptors (Lipinski definition) is 5. The Balaban J connectivity index is 1.52. The summed E-state index contributed by atoms with van der Waals surface area (Å²) in [5.41, 5.74) is 0.390. The first-order chi connectivity index (χ1) is 12.2. The van der Waals surface area contributed by atoms with Crippen molar-refractivity contribution in [2.24, 2.45) is 5.92 Å². The van der Waals surface area contributed by atoms with Crippen molar-refractivity contribution in [3.8, 4) is 5.88 Å². The minimum atomic E-state index is -0.692. The Morgan fingerprint density at radius 3 is 2.92 bits per heavy atom. The average Bonchev–Trinajstić information content (AvgIpc) is 2.66. The van der Waals surface area contributed by atoms with Crippen molar-refractivity contribution in [2.75, 3.05) is 32.1 Å². The molecule has 0 bridgehead atoms. The fraction of sp³-hybridized carbons (Fsp3) is 0.611. The number of aromatic nitrogens is 1. The zero-order chi connectivity index (χ0) is 17.6. The number of nitrogens with zero attached hydrogens (tertiary/aromatic N) is 2. The SMILES string of the molecule is COc1ncccc1NC(=O)C(=O)NC[C@H]1CCCN2CCCC[C@H]12. The van der Waals surface area contributed by atoms with Crippen molar-refractivity contribution in [3.63, 3.8) is 0 Å². The number of methoxy groups -OCH3 is 1. The van der Waals surface area contributed by atoms with E-state index < -0.39 is 11.8 Å². The topological polar surface area (TPSA) is 83.6 Å². The first-order valence-electron chi connectivity index (χ1n) is 9.01. The van der Waals surface area contributed by atoms with Gasteiger partial charge in [0, 0.05) is 18.8 Å². The van der Waals surface area contributed by atoms with E-state index in [4.69, 9.17) is 4.74 Å². The molecule has 1 aromatic heterocycles. The number of nitrogens with one attached hydrogen (secondary N) is 2. The third-order valence-electron chi connectivity index (χ3n) is 5.17. The normalized spacial score (nSPS) is 23.4. The molecule has 2 aliphatic heterocycles. The van der Waals surface area contributed by atoms with Crippen LogP contribution in [0.1, 0.15) is 32.1 Å². The van der Waals surface area contributed by atoms with Crippen LogP contribution < -0.4 is 15.4 Å². The number of ether oxygens (including phenoxy) is 1. The number of pyridine rings is 1. The molecule has 0 unspecified atom stereocenters. The van der Waals surface area contributed by atoms with E-state index in [9.17, 15) is 9.59 Å². The van der Waals surface area contributed by atoms with Gasteiger partial charge in [-0.05, 0) is 56.8 Å². The molecular weight excluding hydrogens is 320 g/mol. The zero-order valence-electron chi connectivity index (χ0n) is 14.7. The summed E-state index contributed by atoms with van der Waals surface area (Å²) in [4.78, 5) is 30.8. The Bertz CT molecular complexity index is 620. The number of rotatable bonds is 4. The predicted octanol–water partition coefficient (Wildman–Crippen LogP) is 1.41. The van der Waals surface area contributed by atoms with Crippen LogP contribution in [0.4, 0.5) is 5.69 Å². The van der Waals surface area contributed by atoms with Crippen molar-refractivity contribution in [1.82, 2.24) is 15.2 Å². The van der Waals surface area contributed by atoms with E-state index in [1.54, 1.807) is 18.3 Å². The lowest BCUT2D eigenvalue weighted by Crippen LogP contribution is -2.51. The lowest BCUT2D eigenvalue weighted by Gasteiger charge is -2.44. The molecule has 2 atom stereocenters. The van der Waals surface area contributed by atoms with Crippen LogP contribution in [0.3, 0.4) is 0 Å². The maximum Gasteiger partial charge on any atom is 0.313 e. The Morgan fingerprint density at radius 1 is 1.24 bits per heavy atom. The molecule has 2 aliphatic rings. The lowest BCUT2D eigenvalue weighted by atomic mass is 9.83. The highest BCUT2D eigenvalue weighted by Gasteiger charge is 2.33. The van der Waals surface area contributed by atoms with Crippen molar-refractivity contribution in [3.05, 3.63) is 18.3 Å². The molecule has 2 saturated heterocycles. The lowest BCUT2D eigenvalue weighted by molar-refractivity contribution is -0.136. The molecule has 0 aliphatic carbocycles. The van der Waals surface area contributed by atoms with E-state index in [2.05, 4.69) is 20.5 Å². The molecule has 25 heavy (non-hydrogen) atoms. The molecule has 136 valence electrons. The van der Waals surface area contributed by atoms with E-state index in [-0.39, 0.29) is 5.88 Å². The van der Waals surface area contributed by atoms with Gasteiger partial charge in [0.1, 0.15) is 5.69 Å².